The van der Waals surface area contributed by atoms with Gasteiger partial charge in [-0.3, -0.25) is 9.59 Å². The zero-order valence-corrected chi connectivity index (χ0v) is 18.0. The van der Waals surface area contributed by atoms with Crippen LogP contribution in [0.3, 0.4) is 0 Å². The first-order chi connectivity index (χ1) is 15.6. The Kier molecular flexibility index (Phi) is 6.79. The molecule has 1 aliphatic heterocycles. The van der Waals surface area contributed by atoms with Crippen LogP contribution in [0.1, 0.15) is 24.8 Å². The van der Waals surface area contributed by atoms with Crippen molar-refractivity contribution in [3.8, 4) is 28.6 Å². The van der Waals surface area contributed by atoms with E-state index in [-0.39, 0.29) is 18.4 Å². The van der Waals surface area contributed by atoms with E-state index < -0.39 is 0 Å². The highest BCUT2D eigenvalue weighted by Crippen LogP contribution is 2.24. The van der Waals surface area contributed by atoms with Gasteiger partial charge in [0.1, 0.15) is 5.75 Å². The Morgan fingerprint density at radius 3 is 2.59 bits per heavy atom. The molecule has 0 saturated carbocycles. The Morgan fingerprint density at radius 2 is 1.88 bits per heavy atom. The summed E-state index contributed by atoms with van der Waals surface area (Å²) in [6, 6.07) is 15.1. The van der Waals surface area contributed by atoms with Crippen LogP contribution in [0.15, 0.2) is 53.1 Å². The number of nitrogens with zero attached hydrogens (tertiary/aromatic N) is 3. The molecule has 1 aliphatic rings. The molecule has 1 fully saturated rings. The molecule has 2 heterocycles. The molecule has 1 saturated heterocycles. The van der Waals surface area contributed by atoms with Crippen LogP contribution in [0.2, 0.25) is 0 Å². The molecule has 8 nitrogen and oxygen atoms in total. The van der Waals surface area contributed by atoms with Gasteiger partial charge in [0.15, 0.2) is 6.61 Å². The van der Waals surface area contributed by atoms with Crippen molar-refractivity contribution in [1.82, 2.24) is 20.4 Å². The van der Waals surface area contributed by atoms with Gasteiger partial charge in [-0.25, -0.2) is 0 Å². The van der Waals surface area contributed by atoms with Gasteiger partial charge in [-0.2, -0.15) is 4.98 Å². The number of hydrogen-bond donors (Lipinski definition) is 1. The van der Waals surface area contributed by atoms with E-state index in [0.717, 1.165) is 30.5 Å². The molecule has 0 unspecified atom stereocenters. The van der Waals surface area contributed by atoms with E-state index >= 15 is 0 Å². The third-order valence-corrected chi connectivity index (χ3v) is 5.31. The first-order valence-electron chi connectivity index (χ1n) is 10.8. The summed E-state index contributed by atoms with van der Waals surface area (Å²) in [6.07, 6.45) is 2.30. The maximum Gasteiger partial charge on any atom is 0.258 e. The number of likely N-dealkylation sites (tertiary alicyclic amines) is 1. The predicted octanol–water partition coefficient (Wildman–Crippen LogP) is 3.22. The summed E-state index contributed by atoms with van der Waals surface area (Å²) < 4.78 is 10.9. The van der Waals surface area contributed by atoms with E-state index in [4.69, 9.17) is 9.26 Å². The summed E-state index contributed by atoms with van der Waals surface area (Å²) in [5, 5.41) is 6.86. The van der Waals surface area contributed by atoms with Gasteiger partial charge in [0.05, 0.1) is 0 Å². The van der Waals surface area contributed by atoms with Gasteiger partial charge in [0, 0.05) is 37.2 Å². The number of nitrogens with one attached hydrogen (secondary N) is 1. The molecule has 0 bridgehead atoms. The van der Waals surface area contributed by atoms with Crippen LogP contribution in [-0.4, -0.2) is 53.1 Å². The normalized spacial score (nSPS) is 13.4. The van der Waals surface area contributed by atoms with Gasteiger partial charge < -0.3 is 19.5 Å². The Bertz CT molecular complexity index is 1060. The summed E-state index contributed by atoms with van der Waals surface area (Å²) in [6.45, 7) is 3.98. The maximum atomic E-state index is 12.0. The van der Waals surface area contributed by atoms with Crippen LogP contribution < -0.4 is 10.1 Å². The van der Waals surface area contributed by atoms with E-state index in [0.29, 0.717) is 37.0 Å². The van der Waals surface area contributed by atoms with E-state index in [2.05, 4.69) is 15.5 Å². The maximum absolute atomic E-state index is 12.0. The Balaban J connectivity index is 1.22. The number of benzene rings is 2. The minimum atomic E-state index is -0.193. The molecule has 1 aromatic heterocycles. The fraction of sp³-hybridized carbons (Fsp3) is 0.333. The van der Waals surface area contributed by atoms with E-state index in [1.54, 1.807) is 12.1 Å². The van der Waals surface area contributed by atoms with Gasteiger partial charge in [-0.1, -0.05) is 35.0 Å². The lowest BCUT2D eigenvalue weighted by Gasteiger charge is -2.15. The van der Waals surface area contributed by atoms with Gasteiger partial charge >= 0.3 is 0 Å². The van der Waals surface area contributed by atoms with Crippen LogP contribution >= 0.6 is 0 Å². The van der Waals surface area contributed by atoms with Crippen LogP contribution in [-0.2, 0) is 9.59 Å². The van der Waals surface area contributed by atoms with Crippen molar-refractivity contribution in [3.63, 3.8) is 0 Å². The fourth-order valence-corrected chi connectivity index (χ4v) is 3.49. The van der Waals surface area contributed by atoms with Crippen LogP contribution in [0.4, 0.5) is 0 Å². The van der Waals surface area contributed by atoms with Gasteiger partial charge in [0.2, 0.25) is 11.7 Å². The van der Waals surface area contributed by atoms with Crippen molar-refractivity contribution in [1.29, 1.82) is 0 Å². The number of hydrogen-bond acceptors (Lipinski definition) is 6. The standard InChI is InChI=1S/C24H26N4O4/c1-17-5-7-18(8-6-17)23-26-24(32-27-23)19-9-11-20(12-10-19)31-16-21(29)25-13-3-15-28-14-2-4-22(28)30/h5-12H,2-4,13-16H2,1H3,(H,25,29). The molecule has 0 radical (unpaired) electrons. The summed E-state index contributed by atoms with van der Waals surface area (Å²) in [5.41, 5.74) is 2.83. The molecular formula is C24H26N4O4. The zero-order chi connectivity index (χ0) is 22.3. The summed E-state index contributed by atoms with van der Waals surface area (Å²) >= 11 is 0. The van der Waals surface area contributed by atoms with E-state index in [1.807, 2.05) is 48.2 Å². The smallest absolute Gasteiger partial charge is 0.258 e. The largest absolute Gasteiger partial charge is 0.484 e. The van der Waals surface area contributed by atoms with Gasteiger partial charge in [-0.15, -0.1) is 0 Å². The number of carbonyl (C=O) groups excluding carboxylic acids is 2. The van der Waals surface area contributed by atoms with Crippen molar-refractivity contribution in [3.05, 3.63) is 54.1 Å². The quantitative estimate of drug-likeness (QED) is 0.520. The Hall–Kier alpha value is -3.68. The number of ether oxygens (including phenoxy) is 1. The third-order valence-electron chi connectivity index (χ3n) is 5.31. The van der Waals surface area contributed by atoms with E-state index in [9.17, 15) is 9.59 Å². The lowest BCUT2D eigenvalue weighted by molar-refractivity contribution is -0.127. The molecule has 2 aromatic carbocycles. The second-order valence-electron chi connectivity index (χ2n) is 7.79. The molecule has 2 amide bonds. The average Bonchev–Trinajstić information content (AvgIpc) is 3.46. The predicted molar refractivity (Wildman–Crippen MR) is 119 cm³/mol. The minimum absolute atomic E-state index is 0.0693. The number of carbonyl (C=O) groups is 2. The van der Waals surface area contributed by atoms with Gasteiger partial charge in [0.25, 0.3) is 11.8 Å². The summed E-state index contributed by atoms with van der Waals surface area (Å²) in [5.74, 6) is 1.54. The zero-order valence-electron chi connectivity index (χ0n) is 18.0. The molecule has 166 valence electrons. The fourth-order valence-electron chi connectivity index (χ4n) is 3.49. The van der Waals surface area contributed by atoms with E-state index in [1.165, 1.54) is 5.56 Å². The molecule has 0 spiro atoms. The highest BCUT2D eigenvalue weighted by molar-refractivity contribution is 5.78. The lowest BCUT2D eigenvalue weighted by Crippen LogP contribution is -2.33. The molecule has 0 atom stereocenters. The van der Waals surface area contributed by atoms with Crippen molar-refractivity contribution in [2.45, 2.75) is 26.2 Å². The molecule has 4 rings (SSSR count). The van der Waals surface area contributed by atoms with Crippen molar-refractivity contribution < 1.29 is 18.8 Å². The number of aromatic nitrogens is 2. The monoisotopic (exact) mass is 434 g/mol. The van der Waals surface area contributed by atoms with Crippen LogP contribution in [0.5, 0.6) is 5.75 Å². The lowest BCUT2D eigenvalue weighted by atomic mass is 10.1. The van der Waals surface area contributed by atoms with Crippen molar-refractivity contribution >= 4 is 11.8 Å². The highest BCUT2D eigenvalue weighted by Gasteiger charge is 2.19. The molecule has 1 N–H and O–H groups in total. The number of rotatable bonds is 9. The average molecular weight is 434 g/mol. The SMILES string of the molecule is Cc1ccc(-c2noc(-c3ccc(OCC(=O)NCCCN4CCCC4=O)cc3)n2)cc1. The third kappa shape index (κ3) is 5.51. The number of aryl methyl sites for hydroxylation is 1. The van der Waals surface area contributed by atoms with Gasteiger partial charge in [-0.05, 0) is 44.0 Å². The summed E-state index contributed by atoms with van der Waals surface area (Å²) in [4.78, 5) is 29.8. The Morgan fingerprint density at radius 1 is 1.12 bits per heavy atom. The topological polar surface area (TPSA) is 97.6 Å². The van der Waals surface area contributed by atoms with Crippen LogP contribution in [0.25, 0.3) is 22.8 Å². The first-order valence-corrected chi connectivity index (χ1v) is 10.8. The molecule has 8 heteroatoms. The number of amides is 2. The van der Waals surface area contributed by atoms with Crippen molar-refractivity contribution in [2.24, 2.45) is 0 Å². The Labute approximate surface area is 186 Å². The van der Waals surface area contributed by atoms with Crippen LogP contribution in [0, 0.1) is 6.92 Å². The molecule has 0 aliphatic carbocycles. The molecule has 3 aromatic rings. The first kappa shape index (κ1) is 21.5. The minimum Gasteiger partial charge on any atom is -0.484 e. The van der Waals surface area contributed by atoms with Crippen molar-refractivity contribution in [2.75, 3.05) is 26.2 Å². The second-order valence-corrected chi connectivity index (χ2v) is 7.79. The molecular weight excluding hydrogens is 408 g/mol. The summed E-state index contributed by atoms with van der Waals surface area (Å²) in [7, 11) is 0. The highest BCUT2D eigenvalue weighted by atomic mass is 16.5. The second kappa shape index (κ2) is 10.1. The molecule has 32 heavy (non-hydrogen) atoms.